The van der Waals surface area contributed by atoms with Gasteiger partial charge in [-0.05, 0) is 55.3 Å². The maximum absolute atomic E-state index is 13.2. The number of hydrogen-bond donors (Lipinski definition) is 1. The highest BCUT2D eigenvalue weighted by atomic mass is 35.5. The Hall–Kier alpha value is -2.99. The third-order valence-corrected chi connectivity index (χ3v) is 5.89. The van der Waals surface area contributed by atoms with Gasteiger partial charge in [0.1, 0.15) is 5.82 Å². The third kappa shape index (κ3) is 3.34. The van der Waals surface area contributed by atoms with Gasteiger partial charge in [-0.2, -0.15) is 0 Å². The molecular formula is C22H18ClFN2O3. The summed E-state index contributed by atoms with van der Waals surface area (Å²) in [7, 11) is 0. The Bertz CT molecular complexity index is 1030. The van der Waals surface area contributed by atoms with E-state index in [-0.39, 0.29) is 17.4 Å². The molecule has 1 heterocycles. The van der Waals surface area contributed by atoms with Crippen LogP contribution in [0, 0.1) is 24.6 Å². The maximum atomic E-state index is 13.2. The predicted octanol–water partition coefficient (Wildman–Crippen LogP) is 3.65. The van der Waals surface area contributed by atoms with Crippen molar-refractivity contribution in [2.24, 2.45) is 11.8 Å². The fraction of sp³-hybridized carbons (Fsp3) is 0.227. The molecule has 2 aliphatic rings. The Balaban J connectivity index is 1.62. The van der Waals surface area contributed by atoms with Crippen LogP contribution >= 0.6 is 11.6 Å². The van der Waals surface area contributed by atoms with E-state index in [1.807, 2.05) is 0 Å². The van der Waals surface area contributed by atoms with Gasteiger partial charge >= 0.3 is 0 Å². The Morgan fingerprint density at radius 3 is 2.59 bits per heavy atom. The zero-order valence-corrected chi connectivity index (χ0v) is 16.3. The largest absolute Gasteiger partial charge is 0.345 e. The summed E-state index contributed by atoms with van der Waals surface area (Å²) in [4.78, 5) is 40.0. The van der Waals surface area contributed by atoms with Gasteiger partial charge in [0.25, 0.3) is 5.91 Å². The summed E-state index contributed by atoms with van der Waals surface area (Å²) in [5.41, 5.74) is 1.39. The molecule has 4 rings (SSSR count). The Morgan fingerprint density at radius 1 is 1.14 bits per heavy atom. The molecule has 1 aliphatic heterocycles. The Kier molecular flexibility index (Phi) is 4.96. The van der Waals surface area contributed by atoms with E-state index in [1.54, 1.807) is 37.3 Å². The van der Waals surface area contributed by atoms with Crippen molar-refractivity contribution in [3.63, 3.8) is 0 Å². The van der Waals surface area contributed by atoms with Gasteiger partial charge in [0, 0.05) is 10.6 Å². The average molecular weight is 413 g/mol. The van der Waals surface area contributed by atoms with Crippen molar-refractivity contribution in [2.75, 3.05) is 4.90 Å². The van der Waals surface area contributed by atoms with E-state index in [9.17, 15) is 18.8 Å². The van der Waals surface area contributed by atoms with Crippen LogP contribution in [0.4, 0.5) is 10.1 Å². The minimum absolute atomic E-state index is 0.279. The molecule has 1 fully saturated rings. The van der Waals surface area contributed by atoms with Crippen molar-refractivity contribution >= 4 is 35.0 Å². The first-order chi connectivity index (χ1) is 13.9. The zero-order valence-electron chi connectivity index (χ0n) is 15.6. The minimum Gasteiger partial charge on any atom is -0.345 e. The summed E-state index contributed by atoms with van der Waals surface area (Å²) in [6, 6.07) is 9.59. The van der Waals surface area contributed by atoms with Gasteiger partial charge in [0.05, 0.1) is 23.6 Å². The van der Waals surface area contributed by atoms with Crippen LogP contribution in [0.25, 0.3) is 0 Å². The molecule has 2 aromatic rings. The molecule has 0 aromatic heterocycles. The fourth-order valence-electron chi connectivity index (χ4n) is 3.94. The van der Waals surface area contributed by atoms with E-state index in [0.717, 1.165) is 0 Å². The molecule has 0 saturated carbocycles. The van der Waals surface area contributed by atoms with Crippen molar-refractivity contribution < 1.29 is 18.8 Å². The molecule has 0 radical (unpaired) electrons. The molecule has 0 spiro atoms. The topological polar surface area (TPSA) is 66.5 Å². The molecule has 5 nitrogen and oxygen atoms in total. The van der Waals surface area contributed by atoms with Crippen LogP contribution in [0.5, 0.6) is 0 Å². The smallest absolute Gasteiger partial charge is 0.251 e. The van der Waals surface area contributed by atoms with Gasteiger partial charge in [-0.15, -0.1) is 0 Å². The number of amides is 3. The maximum Gasteiger partial charge on any atom is 0.251 e. The SMILES string of the molecule is Cc1c(Cl)cccc1N1C(=O)[C@H]2[C@@H](NC(=O)c3ccc(F)cc3)C=CC[C@H]2C1=O. The van der Waals surface area contributed by atoms with Gasteiger partial charge in [-0.3, -0.25) is 14.4 Å². The Labute approximate surface area is 172 Å². The number of halogens is 2. The van der Waals surface area contributed by atoms with Crippen molar-refractivity contribution in [3.05, 3.63) is 76.6 Å². The third-order valence-electron chi connectivity index (χ3n) is 5.48. The number of hydrogen-bond acceptors (Lipinski definition) is 3. The lowest BCUT2D eigenvalue weighted by Gasteiger charge is -2.27. The minimum atomic E-state index is -0.699. The molecule has 7 heteroatoms. The first kappa shape index (κ1) is 19.3. The average Bonchev–Trinajstić information content (AvgIpc) is 2.96. The highest BCUT2D eigenvalue weighted by molar-refractivity contribution is 6.32. The summed E-state index contributed by atoms with van der Waals surface area (Å²) in [5, 5.41) is 3.27. The standard InChI is InChI=1S/C22H18ClFN2O3/c1-12-16(23)5-3-7-18(12)26-21(28)15-4-2-6-17(19(15)22(26)29)25-20(27)13-8-10-14(24)11-9-13/h2-3,5-11,15,17,19H,4H2,1H3,(H,25,27)/t15-,17+,19-/m1/s1. The van der Waals surface area contributed by atoms with Crippen molar-refractivity contribution in [2.45, 2.75) is 19.4 Å². The number of fused-ring (bicyclic) bond motifs is 1. The number of nitrogens with one attached hydrogen (secondary N) is 1. The number of carbonyl (C=O) groups excluding carboxylic acids is 3. The van der Waals surface area contributed by atoms with E-state index < -0.39 is 29.6 Å². The molecular weight excluding hydrogens is 395 g/mol. The predicted molar refractivity (Wildman–Crippen MR) is 107 cm³/mol. The molecule has 0 bridgehead atoms. The quantitative estimate of drug-likeness (QED) is 0.618. The number of benzene rings is 2. The number of carbonyl (C=O) groups is 3. The molecule has 1 aliphatic carbocycles. The van der Waals surface area contributed by atoms with Crippen molar-refractivity contribution in [1.82, 2.24) is 5.32 Å². The van der Waals surface area contributed by atoms with Gasteiger partial charge in [0.15, 0.2) is 0 Å². The van der Waals surface area contributed by atoms with Crippen molar-refractivity contribution in [1.29, 1.82) is 0 Å². The molecule has 2 aromatic carbocycles. The van der Waals surface area contributed by atoms with E-state index in [1.165, 1.54) is 29.2 Å². The van der Waals surface area contributed by atoms with Crippen LogP contribution in [-0.2, 0) is 9.59 Å². The highest BCUT2D eigenvalue weighted by Crippen LogP contribution is 2.40. The highest BCUT2D eigenvalue weighted by Gasteiger charge is 2.52. The Morgan fingerprint density at radius 2 is 1.86 bits per heavy atom. The van der Waals surface area contributed by atoms with Crippen LogP contribution < -0.4 is 10.2 Å². The summed E-state index contributed by atoms with van der Waals surface area (Å²) in [6.45, 7) is 1.76. The number of imide groups is 1. The van der Waals surface area contributed by atoms with Gasteiger partial charge in [-0.25, -0.2) is 9.29 Å². The van der Waals surface area contributed by atoms with Crippen LogP contribution in [0.2, 0.25) is 5.02 Å². The molecule has 0 unspecified atom stereocenters. The summed E-state index contributed by atoms with van der Waals surface area (Å²) in [5.74, 6) is -2.78. The van der Waals surface area contributed by atoms with Crippen LogP contribution in [0.1, 0.15) is 22.3 Å². The second-order valence-electron chi connectivity index (χ2n) is 7.20. The zero-order chi connectivity index (χ0) is 20.7. The molecule has 1 N–H and O–H groups in total. The molecule has 3 amide bonds. The van der Waals surface area contributed by atoms with Crippen molar-refractivity contribution in [3.8, 4) is 0 Å². The lowest BCUT2D eigenvalue weighted by molar-refractivity contribution is -0.122. The molecule has 1 saturated heterocycles. The normalized spacial score (nSPS) is 23.3. The second kappa shape index (κ2) is 7.44. The first-order valence-electron chi connectivity index (χ1n) is 9.24. The summed E-state index contributed by atoms with van der Waals surface area (Å²) < 4.78 is 13.1. The van der Waals surface area contributed by atoms with E-state index in [2.05, 4.69) is 5.32 Å². The molecule has 3 atom stereocenters. The number of anilines is 1. The lowest BCUT2D eigenvalue weighted by Crippen LogP contribution is -2.45. The van der Waals surface area contributed by atoms with Crippen LogP contribution in [0.3, 0.4) is 0 Å². The van der Waals surface area contributed by atoms with E-state index >= 15 is 0 Å². The van der Waals surface area contributed by atoms with E-state index in [0.29, 0.717) is 22.7 Å². The van der Waals surface area contributed by atoms with Gasteiger partial charge in [0.2, 0.25) is 11.8 Å². The number of nitrogens with zero attached hydrogens (tertiary/aromatic N) is 1. The number of rotatable bonds is 3. The second-order valence-corrected chi connectivity index (χ2v) is 7.61. The van der Waals surface area contributed by atoms with Crippen LogP contribution in [-0.4, -0.2) is 23.8 Å². The number of allylic oxidation sites excluding steroid dienone is 1. The fourth-order valence-corrected chi connectivity index (χ4v) is 4.11. The van der Waals surface area contributed by atoms with Gasteiger partial charge in [-0.1, -0.05) is 29.8 Å². The van der Waals surface area contributed by atoms with E-state index in [4.69, 9.17) is 11.6 Å². The molecule has 148 valence electrons. The van der Waals surface area contributed by atoms with Gasteiger partial charge < -0.3 is 5.32 Å². The monoisotopic (exact) mass is 412 g/mol. The summed E-state index contributed by atoms with van der Waals surface area (Å²) in [6.07, 6.45) is 3.96. The lowest BCUT2D eigenvalue weighted by atomic mass is 9.81. The molecule has 29 heavy (non-hydrogen) atoms. The first-order valence-corrected chi connectivity index (χ1v) is 9.62. The summed E-state index contributed by atoms with van der Waals surface area (Å²) >= 11 is 6.17. The van der Waals surface area contributed by atoms with Crippen LogP contribution in [0.15, 0.2) is 54.6 Å².